The minimum Gasteiger partial charge on any atom is -0.289 e. The molecule has 0 spiro atoms. The molecule has 4 aromatic carbocycles. The van der Waals surface area contributed by atoms with Crippen LogP contribution in [0, 0.1) is 0 Å². The van der Waals surface area contributed by atoms with Crippen molar-refractivity contribution in [2.45, 2.75) is 0 Å². The van der Waals surface area contributed by atoms with Crippen molar-refractivity contribution in [3.05, 3.63) is 107 Å². The predicted octanol–water partition coefficient (Wildman–Crippen LogP) is 7.72. The molecule has 28 heavy (non-hydrogen) atoms. The van der Waals surface area contributed by atoms with Crippen molar-refractivity contribution < 1.29 is 4.79 Å². The number of carbonyl (C=O) groups excluding carboxylic acids is 1. The van der Waals surface area contributed by atoms with Gasteiger partial charge in [0.1, 0.15) is 0 Å². The average Bonchev–Trinajstić information content (AvgIpc) is 3.12. The minimum atomic E-state index is 0.0351. The first-order chi connectivity index (χ1) is 13.7. The number of hydrogen-bond acceptors (Lipinski definition) is 2. The summed E-state index contributed by atoms with van der Waals surface area (Å²) in [6, 6.07) is 30.4. The first kappa shape index (κ1) is 17.4. The van der Waals surface area contributed by atoms with Gasteiger partial charge in [0.15, 0.2) is 5.78 Å². The van der Waals surface area contributed by atoms with Crippen molar-refractivity contribution in [3.8, 4) is 11.1 Å². The van der Waals surface area contributed by atoms with E-state index in [1.165, 1.54) is 25.7 Å². The number of halogens is 1. The number of ketones is 1. The standard InChI is InChI=1S/C25H15BrOS/c26-19-6-3-5-18(15-19)24(27)17-13-11-16(12-14-17)20-8-4-9-22-21-7-1-2-10-23(21)28-25(20)22/h1-15H. The monoisotopic (exact) mass is 442 g/mol. The number of rotatable bonds is 3. The largest absolute Gasteiger partial charge is 0.289 e. The van der Waals surface area contributed by atoms with E-state index in [1.54, 1.807) is 0 Å². The Hall–Kier alpha value is -2.75. The highest BCUT2D eigenvalue weighted by molar-refractivity contribution is 9.10. The van der Waals surface area contributed by atoms with Crippen molar-refractivity contribution in [3.63, 3.8) is 0 Å². The van der Waals surface area contributed by atoms with Crippen LogP contribution in [0.25, 0.3) is 31.3 Å². The number of carbonyl (C=O) groups is 1. The zero-order valence-corrected chi connectivity index (χ0v) is 17.3. The van der Waals surface area contributed by atoms with Crippen molar-refractivity contribution in [1.82, 2.24) is 0 Å². The summed E-state index contributed by atoms with van der Waals surface area (Å²) in [5.74, 6) is 0.0351. The fourth-order valence-corrected chi connectivity index (χ4v) is 5.21. The maximum atomic E-state index is 12.8. The third kappa shape index (κ3) is 2.97. The second kappa shape index (κ2) is 7.01. The molecule has 0 fully saturated rings. The third-order valence-corrected chi connectivity index (χ3v) is 6.66. The van der Waals surface area contributed by atoms with Crippen LogP contribution in [-0.4, -0.2) is 5.78 Å². The Morgan fingerprint density at radius 1 is 0.714 bits per heavy atom. The Bertz CT molecular complexity index is 1330. The summed E-state index contributed by atoms with van der Waals surface area (Å²) >= 11 is 5.25. The normalized spacial score (nSPS) is 11.2. The van der Waals surface area contributed by atoms with Crippen molar-refractivity contribution >= 4 is 53.2 Å². The lowest BCUT2D eigenvalue weighted by Crippen LogP contribution is -2.00. The van der Waals surface area contributed by atoms with Crippen LogP contribution in [0.15, 0.2) is 95.5 Å². The highest BCUT2D eigenvalue weighted by atomic mass is 79.9. The Morgan fingerprint density at radius 3 is 2.29 bits per heavy atom. The van der Waals surface area contributed by atoms with Crippen molar-refractivity contribution in [1.29, 1.82) is 0 Å². The average molecular weight is 443 g/mol. The van der Waals surface area contributed by atoms with E-state index in [4.69, 9.17) is 0 Å². The predicted molar refractivity (Wildman–Crippen MR) is 122 cm³/mol. The molecule has 0 unspecified atom stereocenters. The first-order valence-electron chi connectivity index (χ1n) is 9.02. The summed E-state index contributed by atoms with van der Waals surface area (Å²) in [7, 11) is 0. The molecule has 0 atom stereocenters. The van der Waals surface area contributed by atoms with Gasteiger partial charge >= 0.3 is 0 Å². The smallest absolute Gasteiger partial charge is 0.193 e. The van der Waals surface area contributed by atoms with Crippen LogP contribution in [0.3, 0.4) is 0 Å². The molecule has 0 amide bonds. The van der Waals surface area contributed by atoms with Crippen LogP contribution in [0.2, 0.25) is 0 Å². The van der Waals surface area contributed by atoms with E-state index < -0.39 is 0 Å². The van der Waals surface area contributed by atoms with Crippen LogP contribution < -0.4 is 0 Å². The van der Waals surface area contributed by atoms with Crippen molar-refractivity contribution in [2.75, 3.05) is 0 Å². The van der Waals surface area contributed by atoms with E-state index >= 15 is 0 Å². The Kier molecular flexibility index (Phi) is 4.34. The van der Waals surface area contributed by atoms with Crippen molar-refractivity contribution in [2.24, 2.45) is 0 Å². The van der Waals surface area contributed by atoms with Gasteiger partial charge in [0.25, 0.3) is 0 Å². The highest BCUT2D eigenvalue weighted by Crippen LogP contribution is 2.39. The molecular weight excluding hydrogens is 428 g/mol. The molecule has 0 aliphatic rings. The summed E-state index contributed by atoms with van der Waals surface area (Å²) < 4.78 is 3.49. The van der Waals surface area contributed by atoms with Crippen LogP contribution >= 0.6 is 27.3 Å². The number of benzene rings is 4. The van der Waals surface area contributed by atoms with Gasteiger partial charge in [-0.25, -0.2) is 0 Å². The Labute approximate surface area is 175 Å². The molecule has 0 saturated carbocycles. The maximum Gasteiger partial charge on any atom is 0.193 e. The molecule has 0 radical (unpaired) electrons. The molecule has 0 saturated heterocycles. The van der Waals surface area contributed by atoms with Gasteiger partial charge in [0.05, 0.1) is 0 Å². The minimum absolute atomic E-state index is 0.0351. The van der Waals surface area contributed by atoms with E-state index in [0.717, 1.165) is 10.0 Å². The lowest BCUT2D eigenvalue weighted by Gasteiger charge is -2.06. The molecule has 5 rings (SSSR count). The van der Waals surface area contributed by atoms with E-state index in [1.807, 2.05) is 59.9 Å². The van der Waals surface area contributed by atoms with Gasteiger partial charge in [0.2, 0.25) is 0 Å². The molecule has 1 heterocycles. The van der Waals surface area contributed by atoms with Gasteiger partial charge in [-0.1, -0.05) is 88.7 Å². The molecule has 0 N–H and O–H groups in total. The SMILES string of the molecule is O=C(c1ccc(-c2cccc3c2sc2ccccc23)cc1)c1cccc(Br)c1. The summed E-state index contributed by atoms with van der Waals surface area (Å²) in [4.78, 5) is 12.8. The lowest BCUT2D eigenvalue weighted by molar-refractivity contribution is 0.103. The van der Waals surface area contributed by atoms with E-state index in [-0.39, 0.29) is 5.78 Å². The topological polar surface area (TPSA) is 17.1 Å². The van der Waals surface area contributed by atoms with E-state index in [9.17, 15) is 4.79 Å². The lowest BCUT2D eigenvalue weighted by atomic mass is 9.98. The van der Waals surface area contributed by atoms with Crippen LogP contribution in [-0.2, 0) is 0 Å². The van der Waals surface area contributed by atoms with Gasteiger partial charge in [-0.15, -0.1) is 11.3 Å². The zero-order valence-electron chi connectivity index (χ0n) is 14.9. The van der Waals surface area contributed by atoms with Gasteiger partial charge < -0.3 is 0 Å². The molecule has 5 aromatic rings. The Morgan fingerprint density at radius 2 is 1.46 bits per heavy atom. The van der Waals surface area contributed by atoms with Gasteiger partial charge in [0, 0.05) is 35.8 Å². The molecule has 134 valence electrons. The highest BCUT2D eigenvalue weighted by Gasteiger charge is 2.12. The second-order valence-corrected chi connectivity index (χ2v) is 8.67. The van der Waals surface area contributed by atoms with E-state index in [0.29, 0.717) is 11.1 Å². The summed E-state index contributed by atoms with van der Waals surface area (Å²) in [6.07, 6.45) is 0. The van der Waals surface area contributed by atoms with Crippen LogP contribution in [0.5, 0.6) is 0 Å². The number of thiophene rings is 1. The summed E-state index contributed by atoms with van der Waals surface area (Å²) in [5.41, 5.74) is 3.72. The summed E-state index contributed by atoms with van der Waals surface area (Å²) in [5, 5.41) is 2.58. The van der Waals surface area contributed by atoms with Crippen LogP contribution in [0.4, 0.5) is 0 Å². The second-order valence-electron chi connectivity index (χ2n) is 6.70. The number of fused-ring (bicyclic) bond motifs is 3. The molecule has 3 heteroatoms. The van der Waals surface area contributed by atoms with E-state index in [2.05, 4.69) is 58.4 Å². The first-order valence-corrected chi connectivity index (χ1v) is 10.6. The Balaban J connectivity index is 1.57. The molecule has 0 aliphatic carbocycles. The molecule has 1 nitrogen and oxygen atoms in total. The van der Waals surface area contributed by atoms with Gasteiger partial charge in [-0.2, -0.15) is 0 Å². The summed E-state index contributed by atoms with van der Waals surface area (Å²) in [6.45, 7) is 0. The molecule has 0 aliphatic heterocycles. The van der Waals surface area contributed by atoms with Crippen LogP contribution in [0.1, 0.15) is 15.9 Å². The molecule has 1 aromatic heterocycles. The fourth-order valence-electron chi connectivity index (χ4n) is 3.57. The maximum absolute atomic E-state index is 12.8. The third-order valence-electron chi connectivity index (χ3n) is 4.95. The molecular formula is C25H15BrOS. The molecule has 0 bridgehead atoms. The van der Waals surface area contributed by atoms with Gasteiger partial charge in [-0.05, 0) is 29.3 Å². The fraction of sp³-hybridized carbons (Fsp3) is 0. The number of hydrogen-bond donors (Lipinski definition) is 0. The quantitative estimate of drug-likeness (QED) is 0.261. The van der Waals surface area contributed by atoms with Gasteiger partial charge in [-0.3, -0.25) is 4.79 Å². The zero-order chi connectivity index (χ0) is 19.1.